The van der Waals surface area contributed by atoms with E-state index >= 15 is 0 Å². The number of carbonyl (C=O) groups is 1. The number of rotatable bonds is 19. The minimum absolute atomic E-state index is 0.0546. The van der Waals surface area contributed by atoms with Crippen molar-refractivity contribution in [3.05, 3.63) is 56.5 Å². The van der Waals surface area contributed by atoms with Crippen molar-refractivity contribution in [1.82, 2.24) is 29.4 Å². The second-order valence-corrected chi connectivity index (χ2v) is 21.1. The Balaban J connectivity index is 0.844. The number of aromatic nitrogens is 4. The summed E-state index contributed by atoms with van der Waals surface area (Å²) in [6.07, 6.45) is 0.101. The van der Waals surface area contributed by atoms with Crippen molar-refractivity contribution in [2.24, 2.45) is 4.99 Å². The summed E-state index contributed by atoms with van der Waals surface area (Å²) in [5.41, 5.74) is 7.66. The molecule has 370 valence electrons. The van der Waals surface area contributed by atoms with Crippen molar-refractivity contribution < 1.29 is 56.3 Å². The molecule has 0 aliphatic carbocycles. The van der Waals surface area contributed by atoms with Crippen LogP contribution in [-0.4, -0.2) is 127 Å². The second kappa shape index (κ2) is 19.8. The summed E-state index contributed by atoms with van der Waals surface area (Å²) >= 11 is 0. The van der Waals surface area contributed by atoms with Gasteiger partial charge in [-0.05, 0) is 70.6 Å². The first-order chi connectivity index (χ1) is 32.2. The van der Waals surface area contributed by atoms with E-state index in [0.717, 1.165) is 49.8 Å². The van der Waals surface area contributed by atoms with Gasteiger partial charge in [0, 0.05) is 67.0 Å². The fourth-order valence-electron chi connectivity index (χ4n) is 9.83. The van der Waals surface area contributed by atoms with Crippen LogP contribution in [0.2, 0.25) is 0 Å². The molecule has 2 aromatic carbocycles. The maximum Gasteiger partial charge on any atom is 0.469 e. The summed E-state index contributed by atoms with van der Waals surface area (Å²) in [5.74, 6) is -0.169. The van der Waals surface area contributed by atoms with Crippen LogP contribution in [0.25, 0.3) is 11.2 Å². The molecule has 1 fully saturated rings. The van der Waals surface area contributed by atoms with Crippen molar-refractivity contribution in [3.8, 4) is 11.5 Å². The molecule has 0 spiro atoms. The summed E-state index contributed by atoms with van der Waals surface area (Å²) in [5, 5.41) is 29.4. The molecule has 0 saturated carbocycles. The van der Waals surface area contributed by atoms with Crippen LogP contribution in [0.5, 0.6) is 11.5 Å². The second-order valence-electron chi connectivity index (χ2n) is 18.4. The number of nitrogens with zero attached hydrogens (tertiary/aromatic N) is 6. The zero-order valence-electron chi connectivity index (χ0n) is 38.1. The lowest BCUT2D eigenvalue weighted by molar-refractivity contribution is -0.121. The fourth-order valence-corrected chi connectivity index (χ4v) is 11.0. The number of nitrogens with two attached hydrogens (primary N) is 1. The Labute approximate surface area is 391 Å². The summed E-state index contributed by atoms with van der Waals surface area (Å²) < 4.78 is 68.0. The highest BCUT2D eigenvalue weighted by Crippen LogP contribution is 2.49. The number of benzene rings is 2. The number of phosphoric acid groups is 1. The van der Waals surface area contributed by atoms with Gasteiger partial charge in [-0.25, -0.2) is 27.5 Å². The Morgan fingerprint density at radius 1 is 1.09 bits per heavy atom. The molecule has 1 amide bonds. The van der Waals surface area contributed by atoms with Crippen LogP contribution in [0.4, 0.5) is 23.3 Å². The SMILES string of the molecule is CC[N+]1=c2cc3c(cc2CCC1)=Nc1cc2c(cc1O3)N(CCCC(=O)NCCCCCCNc1nc3c(=O)[nH]c(N)nc3n1[C@@H]1O[C@H](COP(=O)(O)O)[C@@H](O)[C@H]1O)C(C)(C)CC2CS(=O)(=O)[O-]. The third-order valence-corrected chi connectivity index (χ3v) is 14.3. The number of amides is 1. The van der Waals surface area contributed by atoms with E-state index in [1.165, 1.54) is 10.1 Å². The number of hydrogen-bond acceptors (Lipinski definition) is 17. The van der Waals surface area contributed by atoms with Crippen LogP contribution in [0.3, 0.4) is 0 Å². The van der Waals surface area contributed by atoms with E-state index in [1.807, 2.05) is 26.0 Å². The highest BCUT2D eigenvalue weighted by molar-refractivity contribution is 7.85. The fraction of sp³-hybridized carbons (Fsp3) is 0.581. The number of nitrogen functional groups attached to an aromatic ring is 1. The van der Waals surface area contributed by atoms with Crippen molar-refractivity contribution in [1.29, 1.82) is 0 Å². The molecule has 4 aromatic rings. The number of anilines is 3. The maximum absolute atomic E-state index is 13.0. The molecule has 4 aliphatic rings. The molecule has 1 unspecified atom stereocenters. The number of imidazole rings is 1. The minimum Gasteiger partial charge on any atom is -0.748 e. The van der Waals surface area contributed by atoms with Crippen LogP contribution in [0.1, 0.15) is 95.4 Å². The number of unbranched alkanes of at least 4 members (excludes halogenated alkanes) is 3. The normalized spacial score (nSPS) is 21.9. The summed E-state index contributed by atoms with van der Waals surface area (Å²) in [7, 11) is -9.46. The quantitative estimate of drug-likeness (QED) is 0.0249. The van der Waals surface area contributed by atoms with E-state index in [-0.39, 0.29) is 35.4 Å². The Morgan fingerprint density at radius 3 is 2.59 bits per heavy atom. The van der Waals surface area contributed by atoms with Gasteiger partial charge in [-0.3, -0.25) is 23.7 Å². The molecule has 6 heterocycles. The summed E-state index contributed by atoms with van der Waals surface area (Å²) in [6, 6.07) is 7.87. The number of ether oxygens (including phenoxy) is 2. The summed E-state index contributed by atoms with van der Waals surface area (Å²) in [4.78, 5) is 61.9. The van der Waals surface area contributed by atoms with Crippen molar-refractivity contribution in [2.45, 2.75) is 115 Å². The number of aliphatic hydroxyl groups excluding tert-OH is 2. The smallest absolute Gasteiger partial charge is 0.469 e. The van der Waals surface area contributed by atoms with E-state index in [4.69, 9.17) is 30.0 Å². The van der Waals surface area contributed by atoms with Crippen LogP contribution >= 0.6 is 7.82 Å². The van der Waals surface area contributed by atoms with Gasteiger partial charge in [0.05, 0.1) is 22.8 Å². The number of aromatic amines is 1. The highest BCUT2D eigenvalue weighted by Gasteiger charge is 2.46. The van der Waals surface area contributed by atoms with Crippen LogP contribution in [0, 0.1) is 0 Å². The summed E-state index contributed by atoms with van der Waals surface area (Å²) in [6.45, 7) is 8.58. The van der Waals surface area contributed by atoms with E-state index in [1.54, 1.807) is 0 Å². The lowest BCUT2D eigenvalue weighted by Crippen LogP contribution is -2.50. The molecule has 0 bridgehead atoms. The highest BCUT2D eigenvalue weighted by atomic mass is 32.2. The topological polar surface area (TPSA) is 332 Å². The number of carbonyl (C=O) groups excluding carboxylic acids is 1. The molecule has 23 nitrogen and oxygen atoms in total. The first kappa shape index (κ1) is 49.4. The van der Waals surface area contributed by atoms with Crippen molar-refractivity contribution in [2.75, 3.05) is 61.0 Å². The first-order valence-corrected chi connectivity index (χ1v) is 26.0. The predicted octanol–water partition coefficient (Wildman–Crippen LogP) is 1.13. The number of aliphatic hydroxyl groups is 2. The standard InChI is InChI=1S/C43H59N10O13PS/c1-4-51-15-9-11-24-17-27-31(19-29(24)51)65-32-20-30-26(18-28(32)47-27)25(23-68(61,62)63)21-43(2,3)52(30)16-10-12-34(54)45-13-7-5-6-8-14-46-42-48-35-38(49-41(44)50-39(35)57)53(42)40-37(56)36(55)33(66-40)22-64-67(58,59)60/h17-20,25,33,36-37,40,47,55-56H,4-16,21-23H2,1-3H3,(H6,44,45,50,54,57,58,59,60,61,62,63)/t25?,33-,36-,37-,40-/m1/s1. The van der Waals surface area contributed by atoms with Gasteiger partial charge in [0.2, 0.25) is 23.2 Å². The third-order valence-electron chi connectivity index (χ3n) is 13.0. The van der Waals surface area contributed by atoms with Gasteiger partial charge in [0.15, 0.2) is 28.9 Å². The molecule has 2 aromatic heterocycles. The van der Waals surface area contributed by atoms with Gasteiger partial charge in [-0.1, -0.05) is 12.8 Å². The van der Waals surface area contributed by atoms with Crippen LogP contribution in [-0.2, 0) is 35.2 Å². The monoisotopic (exact) mass is 986 g/mol. The number of phosphoric ester groups is 1. The third kappa shape index (κ3) is 10.9. The predicted molar refractivity (Wildman–Crippen MR) is 247 cm³/mol. The van der Waals surface area contributed by atoms with Gasteiger partial charge in [-0.2, -0.15) is 4.98 Å². The van der Waals surface area contributed by atoms with Gasteiger partial charge in [0.25, 0.3) is 5.56 Å². The van der Waals surface area contributed by atoms with Crippen molar-refractivity contribution >= 4 is 58.3 Å². The molecule has 25 heteroatoms. The van der Waals surface area contributed by atoms with E-state index in [9.17, 15) is 37.3 Å². The maximum atomic E-state index is 13.0. The zero-order valence-corrected chi connectivity index (χ0v) is 39.8. The number of nitrogens with one attached hydrogen (secondary N) is 3. The lowest BCUT2D eigenvalue weighted by Gasteiger charge is -2.48. The Bertz CT molecular complexity index is 2920. The molecule has 8 rings (SSSR count). The average Bonchev–Trinajstić information content (AvgIpc) is 3.76. The number of H-pyrrole nitrogens is 1. The number of aryl methyl sites for hydroxylation is 1. The first-order valence-electron chi connectivity index (χ1n) is 22.9. The van der Waals surface area contributed by atoms with Gasteiger partial charge in [0.1, 0.15) is 42.4 Å². The lowest BCUT2D eigenvalue weighted by atomic mass is 9.79. The van der Waals surface area contributed by atoms with E-state index in [2.05, 4.69) is 58.6 Å². The Hall–Kier alpha value is -5.04. The molecule has 4 aliphatic heterocycles. The van der Waals surface area contributed by atoms with Crippen molar-refractivity contribution in [3.63, 3.8) is 0 Å². The van der Waals surface area contributed by atoms with Gasteiger partial charge >= 0.3 is 7.82 Å². The van der Waals surface area contributed by atoms with Gasteiger partial charge < -0.3 is 55.3 Å². The molecule has 1 saturated heterocycles. The van der Waals surface area contributed by atoms with Gasteiger partial charge in [-0.15, -0.1) is 0 Å². The average molecular weight is 987 g/mol. The van der Waals surface area contributed by atoms with Crippen LogP contribution in [0.15, 0.2) is 34.1 Å². The largest absolute Gasteiger partial charge is 0.748 e. The molecule has 0 radical (unpaired) electrons. The molecular formula is C43H59N10O13PS. The number of fused-ring (bicyclic) bond motifs is 5. The minimum atomic E-state index is -4.91. The van der Waals surface area contributed by atoms with Crippen LogP contribution < -0.4 is 46.9 Å². The van der Waals surface area contributed by atoms with E-state index in [0.29, 0.717) is 73.4 Å². The van der Waals surface area contributed by atoms with E-state index < -0.39 is 71.9 Å². The Morgan fingerprint density at radius 2 is 1.85 bits per heavy atom. The molecule has 9 N–H and O–H groups in total. The molecule has 68 heavy (non-hydrogen) atoms. The number of hydrogen-bond donors (Lipinski definition) is 8. The molecule has 5 atom stereocenters. The zero-order chi connectivity index (χ0) is 48.7. The Kier molecular flexibility index (Phi) is 14.3. The molecular weight excluding hydrogens is 928 g/mol.